The van der Waals surface area contributed by atoms with Gasteiger partial charge in [0.25, 0.3) is 0 Å². The Morgan fingerprint density at radius 3 is 2.87 bits per heavy atom. The van der Waals surface area contributed by atoms with E-state index < -0.39 is 0 Å². The third-order valence-corrected chi connectivity index (χ3v) is 2.21. The van der Waals surface area contributed by atoms with E-state index >= 15 is 0 Å². The second-order valence-electron chi connectivity index (χ2n) is 3.42. The normalized spacial score (nSPS) is 10.7. The number of aliphatic hydroxyl groups excluding tert-OH is 1. The lowest BCUT2D eigenvalue weighted by molar-refractivity contribution is 0.251. The van der Waals surface area contributed by atoms with Gasteiger partial charge in [-0.05, 0) is 14.1 Å². The number of hydrogen-bond donors (Lipinski definition) is 1. The molecule has 1 aromatic heterocycles. The van der Waals surface area contributed by atoms with E-state index in [0.717, 1.165) is 6.54 Å². The van der Waals surface area contributed by atoms with E-state index in [1.165, 1.54) is 6.20 Å². The van der Waals surface area contributed by atoms with Crippen LogP contribution < -0.4 is 4.74 Å². The van der Waals surface area contributed by atoms with Gasteiger partial charge in [0, 0.05) is 24.4 Å². The van der Waals surface area contributed by atoms with E-state index in [9.17, 15) is 0 Å². The molecule has 4 nitrogen and oxygen atoms in total. The van der Waals surface area contributed by atoms with Gasteiger partial charge in [0.15, 0.2) is 0 Å². The van der Waals surface area contributed by atoms with E-state index in [1.807, 2.05) is 19.0 Å². The number of aliphatic hydroxyl groups is 1. The van der Waals surface area contributed by atoms with Crippen LogP contribution in [-0.4, -0.2) is 42.2 Å². The first-order valence-corrected chi connectivity index (χ1v) is 5.04. The zero-order valence-corrected chi connectivity index (χ0v) is 9.66. The molecule has 0 saturated heterocycles. The van der Waals surface area contributed by atoms with E-state index in [0.29, 0.717) is 23.1 Å². The van der Waals surface area contributed by atoms with E-state index in [4.69, 9.17) is 21.4 Å². The van der Waals surface area contributed by atoms with Crippen molar-refractivity contribution in [1.82, 2.24) is 9.88 Å². The summed E-state index contributed by atoms with van der Waals surface area (Å²) < 4.78 is 5.39. The van der Waals surface area contributed by atoms with Crippen LogP contribution in [0.1, 0.15) is 5.56 Å². The van der Waals surface area contributed by atoms with E-state index in [-0.39, 0.29) is 6.61 Å². The lowest BCUT2D eigenvalue weighted by atomic mass is 10.3. The highest BCUT2D eigenvalue weighted by Gasteiger charge is 2.03. The summed E-state index contributed by atoms with van der Waals surface area (Å²) in [6.45, 7) is 1.27. The van der Waals surface area contributed by atoms with Crippen LogP contribution in [0.3, 0.4) is 0 Å². The second kappa shape index (κ2) is 5.90. The average molecular weight is 231 g/mol. The molecule has 5 heteroatoms. The lowest BCUT2D eigenvalue weighted by Gasteiger charge is -2.11. The summed E-state index contributed by atoms with van der Waals surface area (Å²) in [6, 6.07) is 1.65. The van der Waals surface area contributed by atoms with Gasteiger partial charge in [0.2, 0.25) is 5.88 Å². The maximum absolute atomic E-state index is 8.98. The van der Waals surface area contributed by atoms with Gasteiger partial charge in [0.1, 0.15) is 6.61 Å². The molecule has 0 saturated carbocycles. The summed E-state index contributed by atoms with van der Waals surface area (Å²) in [5, 5.41) is 9.44. The number of rotatable bonds is 5. The average Bonchev–Trinajstić information content (AvgIpc) is 2.20. The van der Waals surface area contributed by atoms with Gasteiger partial charge in [-0.1, -0.05) is 11.6 Å². The molecule has 0 fully saturated rings. The fourth-order valence-electron chi connectivity index (χ4n) is 0.991. The fraction of sp³-hybridized carbons (Fsp3) is 0.500. The van der Waals surface area contributed by atoms with Gasteiger partial charge in [-0.3, -0.25) is 0 Å². The van der Waals surface area contributed by atoms with Crippen molar-refractivity contribution in [1.29, 1.82) is 0 Å². The predicted molar refractivity (Wildman–Crippen MR) is 59.2 cm³/mol. The third-order valence-electron chi connectivity index (χ3n) is 1.87. The molecule has 0 aliphatic rings. The monoisotopic (exact) mass is 230 g/mol. The van der Waals surface area contributed by atoms with Crippen LogP contribution in [0, 0.1) is 0 Å². The quantitative estimate of drug-likeness (QED) is 0.825. The Balaban J connectivity index is 2.54. The topological polar surface area (TPSA) is 45.6 Å². The van der Waals surface area contributed by atoms with Crippen molar-refractivity contribution in [2.45, 2.75) is 6.61 Å². The highest BCUT2D eigenvalue weighted by molar-refractivity contribution is 6.31. The Morgan fingerprint density at radius 2 is 2.27 bits per heavy atom. The molecule has 0 bridgehead atoms. The molecule has 0 aliphatic heterocycles. The summed E-state index contributed by atoms with van der Waals surface area (Å²) in [4.78, 5) is 6.02. The highest BCUT2D eigenvalue weighted by Crippen LogP contribution is 2.18. The van der Waals surface area contributed by atoms with Gasteiger partial charge in [0.05, 0.1) is 11.6 Å². The molecule has 15 heavy (non-hydrogen) atoms. The Hall–Kier alpha value is -0.840. The zero-order chi connectivity index (χ0) is 11.3. The summed E-state index contributed by atoms with van der Waals surface area (Å²) >= 11 is 5.79. The third kappa shape index (κ3) is 4.03. The first-order chi connectivity index (χ1) is 7.13. The largest absolute Gasteiger partial charge is 0.476 e. The number of likely N-dealkylation sites (N-methyl/N-ethyl adjacent to an activating group) is 1. The number of pyridine rings is 1. The molecular weight excluding hydrogens is 216 g/mol. The second-order valence-corrected chi connectivity index (χ2v) is 3.83. The predicted octanol–water partition coefficient (Wildman–Crippen LogP) is 1.17. The minimum Gasteiger partial charge on any atom is -0.476 e. The number of hydrogen-bond acceptors (Lipinski definition) is 4. The molecule has 84 valence electrons. The molecule has 0 unspecified atom stereocenters. The summed E-state index contributed by atoms with van der Waals surface area (Å²) in [6.07, 6.45) is 1.48. The lowest BCUT2D eigenvalue weighted by Crippen LogP contribution is -2.19. The summed E-state index contributed by atoms with van der Waals surface area (Å²) in [7, 11) is 3.94. The molecule has 0 radical (unpaired) electrons. The highest BCUT2D eigenvalue weighted by atomic mass is 35.5. The minimum absolute atomic E-state index is 0.106. The van der Waals surface area contributed by atoms with Crippen LogP contribution in [0.25, 0.3) is 0 Å². The Kier molecular flexibility index (Phi) is 4.81. The summed E-state index contributed by atoms with van der Waals surface area (Å²) in [5.41, 5.74) is 0.631. The van der Waals surface area contributed by atoms with Crippen LogP contribution in [0.2, 0.25) is 5.02 Å². The van der Waals surface area contributed by atoms with Crippen molar-refractivity contribution >= 4 is 11.6 Å². The molecule has 0 aromatic carbocycles. The van der Waals surface area contributed by atoms with E-state index in [1.54, 1.807) is 6.07 Å². The van der Waals surface area contributed by atoms with E-state index in [2.05, 4.69) is 4.98 Å². The molecule has 0 atom stereocenters. The standard InChI is InChI=1S/C10H15ClN2O2/c1-13(2)3-4-15-10-5-8(7-14)9(11)6-12-10/h5-6,14H,3-4,7H2,1-2H3. The Morgan fingerprint density at radius 1 is 1.53 bits per heavy atom. The minimum atomic E-state index is -0.106. The van der Waals surface area contributed by atoms with Crippen LogP contribution in [0.15, 0.2) is 12.3 Å². The van der Waals surface area contributed by atoms with Gasteiger partial charge < -0.3 is 14.7 Å². The molecule has 0 aliphatic carbocycles. The molecule has 0 spiro atoms. The summed E-state index contributed by atoms with van der Waals surface area (Å²) in [5.74, 6) is 0.491. The first kappa shape index (κ1) is 12.2. The Labute approximate surface area is 94.4 Å². The molecule has 1 heterocycles. The zero-order valence-electron chi connectivity index (χ0n) is 8.90. The van der Waals surface area contributed by atoms with Crippen LogP contribution in [0.5, 0.6) is 5.88 Å². The van der Waals surface area contributed by atoms with Gasteiger partial charge in [-0.15, -0.1) is 0 Å². The smallest absolute Gasteiger partial charge is 0.213 e. The number of halogens is 1. The maximum Gasteiger partial charge on any atom is 0.213 e. The molecular formula is C10H15ClN2O2. The molecule has 1 aromatic rings. The molecule has 1 N–H and O–H groups in total. The van der Waals surface area contributed by atoms with Crippen LogP contribution in [0.4, 0.5) is 0 Å². The fourth-order valence-corrected chi connectivity index (χ4v) is 1.15. The van der Waals surface area contributed by atoms with Crippen molar-refractivity contribution in [2.75, 3.05) is 27.2 Å². The van der Waals surface area contributed by atoms with Gasteiger partial charge >= 0.3 is 0 Å². The number of ether oxygens (including phenoxy) is 1. The van der Waals surface area contributed by atoms with Gasteiger partial charge in [-0.25, -0.2) is 4.98 Å². The molecule has 1 rings (SSSR count). The number of aromatic nitrogens is 1. The van der Waals surface area contributed by atoms with Crippen molar-refractivity contribution in [3.05, 3.63) is 22.8 Å². The SMILES string of the molecule is CN(C)CCOc1cc(CO)c(Cl)cn1. The first-order valence-electron chi connectivity index (χ1n) is 4.66. The van der Waals surface area contributed by atoms with Crippen LogP contribution >= 0.6 is 11.6 Å². The van der Waals surface area contributed by atoms with Crippen molar-refractivity contribution < 1.29 is 9.84 Å². The molecule has 0 amide bonds. The van der Waals surface area contributed by atoms with Crippen LogP contribution in [-0.2, 0) is 6.61 Å². The van der Waals surface area contributed by atoms with Crippen molar-refractivity contribution in [3.63, 3.8) is 0 Å². The number of nitrogens with zero attached hydrogens (tertiary/aromatic N) is 2. The Bertz CT molecular complexity index is 318. The van der Waals surface area contributed by atoms with Crippen molar-refractivity contribution in [2.24, 2.45) is 0 Å². The van der Waals surface area contributed by atoms with Crippen molar-refractivity contribution in [3.8, 4) is 5.88 Å². The maximum atomic E-state index is 8.98. The van der Waals surface area contributed by atoms with Gasteiger partial charge in [-0.2, -0.15) is 0 Å².